The minimum Gasteiger partial charge on any atom is -0.376 e. The average molecular weight is 298 g/mol. The van der Waals surface area contributed by atoms with E-state index < -0.39 is 0 Å². The van der Waals surface area contributed by atoms with Crippen LogP contribution in [-0.2, 0) is 17.9 Å². The van der Waals surface area contributed by atoms with E-state index in [-0.39, 0.29) is 0 Å². The molecule has 0 bridgehead atoms. The third kappa shape index (κ3) is 8.72. The van der Waals surface area contributed by atoms with Crippen molar-refractivity contribution in [2.75, 3.05) is 13.2 Å². The van der Waals surface area contributed by atoms with Crippen molar-refractivity contribution in [2.24, 2.45) is 5.92 Å². The maximum Gasteiger partial charge on any atom is 0.0809 e. The Morgan fingerprint density at radius 1 is 1.10 bits per heavy atom. The lowest BCUT2D eigenvalue weighted by Gasteiger charge is -2.05. The standard InChI is InChI=1S/C17H31NOS/c1-4-5-6-7-8-11-19-14-17-10-9-16(20-17)13-18-12-15(2)3/h9-10,15,18H,4-8,11-14H2,1-3H3. The second-order valence-corrected chi connectivity index (χ2v) is 7.11. The van der Waals surface area contributed by atoms with Crippen LogP contribution in [-0.4, -0.2) is 13.2 Å². The predicted molar refractivity (Wildman–Crippen MR) is 89.3 cm³/mol. The van der Waals surface area contributed by atoms with Gasteiger partial charge in [0.2, 0.25) is 0 Å². The number of hydrogen-bond donors (Lipinski definition) is 1. The zero-order valence-corrected chi connectivity index (χ0v) is 14.2. The van der Waals surface area contributed by atoms with Crippen LogP contribution in [0.1, 0.15) is 62.6 Å². The highest BCUT2D eigenvalue weighted by atomic mass is 32.1. The molecule has 0 unspecified atom stereocenters. The molecule has 0 atom stereocenters. The summed E-state index contributed by atoms with van der Waals surface area (Å²) in [6, 6.07) is 4.42. The first-order valence-electron chi connectivity index (χ1n) is 8.08. The molecule has 0 aliphatic rings. The fourth-order valence-corrected chi connectivity index (χ4v) is 2.98. The zero-order chi connectivity index (χ0) is 14.6. The molecule has 0 spiro atoms. The van der Waals surface area contributed by atoms with Gasteiger partial charge in [0.1, 0.15) is 0 Å². The van der Waals surface area contributed by atoms with Crippen molar-refractivity contribution in [1.82, 2.24) is 5.32 Å². The summed E-state index contributed by atoms with van der Waals surface area (Å²) >= 11 is 1.87. The van der Waals surface area contributed by atoms with Crippen molar-refractivity contribution < 1.29 is 4.74 Å². The monoisotopic (exact) mass is 297 g/mol. The molecule has 3 heteroatoms. The lowest BCUT2D eigenvalue weighted by atomic mass is 10.2. The van der Waals surface area contributed by atoms with Crippen molar-refractivity contribution in [3.63, 3.8) is 0 Å². The summed E-state index contributed by atoms with van der Waals surface area (Å²) in [5.74, 6) is 0.713. The van der Waals surface area contributed by atoms with E-state index in [4.69, 9.17) is 4.74 Å². The van der Waals surface area contributed by atoms with E-state index in [1.54, 1.807) is 0 Å². The van der Waals surface area contributed by atoms with E-state index in [1.165, 1.54) is 41.9 Å². The van der Waals surface area contributed by atoms with Crippen LogP contribution in [0.5, 0.6) is 0 Å². The molecule has 0 saturated heterocycles. The maximum absolute atomic E-state index is 5.75. The van der Waals surface area contributed by atoms with Crippen molar-refractivity contribution in [2.45, 2.75) is 66.0 Å². The Balaban J connectivity index is 2.05. The highest BCUT2D eigenvalue weighted by Gasteiger charge is 2.01. The molecule has 0 fully saturated rings. The molecule has 0 amide bonds. The summed E-state index contributed by atoms with van der Waals surface area (Å²) in [7, 11) is 0. The fourth-order valence-electron chi connectivity index (χ4n) is 2.06. The zero-order valence-electron chi connectivity index (χ0n) is 13.4. The van der Waals surface area contributed by atoms with Gasteiger partial charge in [0.05, 0.1) is 6.61 Å². The SMILES string of the molecule is CCCCCCCOCc1ccc(CNCC(C)C)s1. The second-order valence-electron chi connectivity index (χ2n) is 5.86. The van der Waals surface area contributed by atoms with Crippen LogP contribution in [0.25, 0.3) is 0 Å². The van der Waals surface area contributed by atoms with Gasteiger partial charge in [-0.1, -0.05) is 46.5 Å². The van der Waals surface area contributed by atoms with Gasteiger partial charge in [-0.2, -0.15) is 0 Å². The van der Waals surface area contributed by atoms with Crippen LogP contribution >= 0.6 is 11.3 Å². The Hall–Kier alpha value is -0.380. The first-order chi connectivity index (χ1) is 9.72. The lowest BCUT2D eigenvalue weighted by molar-refractivity contribution is 0.119. The molecule has 1 N–H and O–H groups in total. The van der Waals surface area contributed by atoms with Gasteiger partial charge in [-0.25, -0.2) is 0 Å². The molecular formula is C17H31NOS. The smallest absolute Gasteiger partial charge is 0.0809 e. The summed E-state index contributed by atoms with van der Waals surface area (Å²) in [5, 5.41) is 3.48. The van der Waals surface area contributed by atoms with E-state index in [0.717, 1.165) is 26.3 Å². The van der Waals surface area contributed by atoms with Gasteiger partial charge in [0, 0.05) is 22.9 Å². The van der Waals surface area contributed by atoms with Gasteiger partial charge >= 0.3 is 0 Å². The van der Waals surface area contributed by atoms with Crippen LogP contribution in [0.3, 0.4) is 0 Å². The molecule has 1 rings (SSSR count). The summed E-state index contributed by atoms with van der Waals surface area (Å²) in [6.45, 7) is 10.5. The fraction of sp³-hybridized carbons (Fsp3) is 0.765. The first kappa shape index (κ1) is 17.7. The molecule has 20 heavy (non-hydrogen) atoms. The average Bonchev–Trinajstić information content (AvgIpc) is 2.85. The highest BCUT2D eigenvalue weighted by Crippen LogP contribution is 2.17. The molecule has 1 aromatic heterocycles. The van der Waals surface area contributed by atoms with Crippen LogP contribution in [0.2, 0.25) is 0 Å². The Bertz CT molecular complexity index is 335. The summed E-state index contributed by atoms with van der Waals surface area (Å²) in [6.07, 6.45) is 6.53. The number of thiophene rings is 1. The normalized spacial score (nSPS) is 11.4. The van der Waals surface area contributed by atoms with Gasteiger partial charge in [0.15, 0.2) is 0 Å². The number of unbranched alkanes of at least 4 members (excludes halogenated alkanes) is 4. The quantitative estimate of drug-likeness (QED) is 0.549. The molecule has 0 saturated carbocycles. The van der Waals surface area contributed by atoms with E-state index in [2.05, 4.69) is 38.2 Å². The van der Waals surface area contributed by atoms with Gasteiger partial charge in [0.25, 0.3) is 0 Å². The molecule has 0 aliphatic heterocycles. The number of ether oxygens (including phenoxy) is 1. The number of rotatable bonds is 12. The van der Waals surface area contributed by atoms with Crippen LogP contribution in [0.15, 0.2) is 12.1 Å². The number of hydrogen-bond acceptors (Lipinski definition) is 3. The predicted octanol–water partition coefficient (Wildman–Crippen LogP) is 4.98. The maximum atomic E-state index is 5.75. The van der Waals surface area contributed by atoms with E-state index in [9.17, 15) is 0 Å². The van der Waals surface area contributed by atoms with Crippen molar-refractivity contribution in [3.8, 4) is 0 Å². The van der Waals surface area contributed by atoms with Crippen LogP contribution < -0.4 is 5.32 Å². The van der Waals surface area contributed by atoms with Crippen LogP contribution in [0, 0.1) is 5.92 Å². The lowest BCUT2D eigenvalue weighted by Crippen LogP contribution is -2.18. The molecule has 1 heterocycles. The van der Waals surface area contributed by atoms with E-state index >= 15 is 0 Å². The van der Waals surface area contributed by atoms with E-state index in [1.807, 2.05) is 11.3 Å². The van der Waals surface area contributed by atoms with Crippen LogP contribution in [0.4, 0.5) is 0 Å². The van der Waals surface area contributed by atoms with Crippen molar-refractivity contribution in [3.05, 3.63) is 21.9 Å². The third-order valence-corrected chi connectivity index (χ3v) is 4.26. The molecule has 0 aromatic carbocycles. The molecule has 116 valence electrons. The third-order valence-electron chi connectivity index (χ3n) is 3.21. The largest absolute Gasteiger partial charge is 0.376 e. The number of nitrogens with one attached hydrogen (secondary N) is 1. The minimum atomic E-state index is 0.713. The first-order valence-corrected chi connectivity index (χ1v) is 8.90. The molecule has 1 aromatic rings. The molecule has 0 radical (unpaired) electrons. The minimum absolute atomic E-state index is 0.713. The van der Waals surface area contributed by atoms with Gasteiger partial charge in [-0.05, 0) is 31.0 Å². The van der Waals surface area contributed by atoms with Crippen molar-refractivity contribution in [1.29, 1.82) is 0 Å². The van der Waals surface area contributed by atoms with Gasteiger partial charge in [-0.3, -0.25) is 0 Å². The van der Waals surface area contributed by atoms with E-state index in [0.29, 0.717) is 5.92 Å². The molecule has 2 nitrogen and oxygen atoms in total. The van der Waals surface area contributed by atoms with Crippen molar-refractivity contribution >= 4 is 11.3 Å². The highest BCUT2D eigenvalue weighted by molar-refractivity contribution is 7.11. The molecule has 0 aliphatic carbocycles. The second kappa shape index (κ2) is 11.3. The Labute approximate surface area is 128 Å². The Morgan fingerprint density at radius 2 is 1.85 bits per heavy atom. The summed E-state index contributed by atoms with van der Waals surface area (Å²) in [5.41, 5.74) is 0. The van der Waals surface area contributed by atoms with Gasteiger partial charge < -0.3 is 10.1 Å². The summed E-state index contributed by atoms with van der Waals surface area (Å²) < 4.78 is 5.75. The summed E-state index contributed by atoms with van der Waals surface area (Å²) in [4.78, 5) is 2.76. The van der Waals surface area contributed by atoms with Gasteiger partial charge in [-0.15, -0.1) is 11.3 Å². The molecular weight excluding hydrogens is 266 g/mol. The Morgan fingerprint density at radius 3 is 2.60 bits per heavy atom. The Kier molecular flexibility index (Phi) is 9.98. The topological polar surface area (TPSA) is 21.3 Å².